The van der Waals surface area contributed by atoms with E-state index in [1.165, 1.54) is 0 Å². The molecular weight excluding hydrogens is 296 g/mol. The van der Waals surface area contributed by atoms with Gasteiger partial charge in [0.25, 0.3) is 0 Å². The van der Waals surface area contributed by atoms with Gasteiger partial charge in [-0.3, -0.25) is 19.9 Å². The van der Waals surface area contributed by atoms with Crippen LogP contribution in [-0.2, 0) is 0 Å². The zero-order valence-electron chi connectivity index (χ0n) is 12.9. The highest BCUT2D eigenvalue weighted by Gasteiger charge is 2.10. The summed E-state index contributed by atoms with van der Waals surface area (Å²) in [6, 6.07) is 15.9. The van der Waals surface area contributed by atoms with Gasteiger partial charge in [-0.05, 0) is 48.0 Å². The van der Waals surface area contributed by atoms with Crippen LogP contribution in [0.15, 0.2) is 85.7 Å². The van der Waals surface area contributed by atoms with Crippen molar-refractivity contribution in [2.75, 3.05) is 0 Å². The summed E-state index contributed by atoms with van der Waals surface area (Å²) in [6.07, 6.45) is 10.8. The van der Waals surface area contributed by atoms with Gasteiger partial charge in [0.05, 0.1) is 11.4 Å². The van der Waals surface area contributed by atoms with E-state index in [2.05, 4.69) is 32.1 Å². The first-order valence-electron chi connectivity index (χ1n) is 7.64. The number of hydrogen-bond donors (Lipinski definition) is 0. The predicted molar refractivity (Wildman–Crippen MR) is 93.9 cm³/mol. The van der Waals surface area contributed by atoms with Crippen molar-refractivity contribution >= 4 is 0 Å². The number of hydrogen-bond acceptors (Lipinski definition) is 4. The first-order valence-corrected chi connectivity index (χ1v) is 7.64. The van der Waals surface area contributed by atoms with Crippen molar-refractivity contribution in [2.24, 2.45) is 0 Å². The molecule has 0 aliphatic carbocycles. The molecule has 4 heteroatoms. The molecule has 0 atom stereocenters. The van der Waals surface area contributed by atoms with Crippen LogP contribution in [0.2, 0.25) is 0 Å². The summed E-state index contributed by atoms with van der Waals surface area (Å²) in [4.78, 5) is 17.4. The third kappa shape index (κ3) is 2.77. The van der Waals surface area contributed by atoms with Crippen molar-refractivity contribution in [3.63, 3.8) is 0 Å². The normalized spacial score (nSPS) is 10.5. The molecule has 0 aromatic carbocycles. The van der Waals surface area contributed by atoms with Gasteiger partial charge in [0.15, 0.2) is 0 Å². The maximum atomic E-state index is 4.55. The second-order valence-corrected chi connectivity index (χ2v) is 5.31. The Hall–Kier alpha value is -3.40. The lowest BCUT2D eigenvalue weighted by atomic mass is 9.99. The van der Waals surface area contributed by atoms with E-state index in [0.29, 0.717) is 0 Å². The lowest BCUT2D eigenvalue weighted by Gasteiger charge is -2.09. The van der Waals surface area contributed by atoms with Crippen LogP contribution in [0.4, 0.5) is 0 Å². The molecule has 0 saturated heterocycles. The zero-order chi connectivity index (χ0) is 16.2. The van der Waals surface area contributed by atoms with E-state index >= 15 is 0 Å². The zero-order valence-corrected chi connectivity index (χ0v) is 12.9. The first kappa shape index (κ1) is 14.2. The van der Waals surface area contributed by atoms with Crippen molar-refractivity contribution < 1.29 is 0 Å². The third-order valence-electron chi connectivity index (χ3n) is 3.77. The van der Waals surface area contributed by atoms with Gasteiger partial charge in [0, 0.05) is 53.9 Å². The molecule has 0 fully saturated rings. The van der Waals surface area contributed by atoms with Gasteiger partial charge in [-0.15, -0.1) is 0 Å². The highest BCUT2D eigenvalue weighted by Crippen LogP contribution is 2.31. The minimum atomic E-state index is 0.890. The molecule has 4 heterocycles. The standard InChI is InChI=1S/C20H14N4/c1-4-16(13-21-8-1)19-12-15(7-11-23-19)18-6-3-10-24-20(18)17-5-2-9-22-14-17/h1-14H. The number of nitrogens with zero attached hydrogens (tertiary/aromatic N) is 4. The lowest BCUT2D eigenvalue weighted by Crippen LogP contribution is -1.91. The molecule has 0 bridgehead atoms. The van der Waals surface area contributed by atoms with Crippen LogP contribution < -0.4 is 0 Å². The van der Waals surface area contributed by atoms with Crippen LogP contribution >= 0.6 is 0 Å². The van der Waals surface area contributed by atoms with Gasteiger partial charge in [-0.1, -0.05) is 6.07 Å². The molecule has 0 aliphatic rings. The highest BCUT2D eigenvalue weighted by atomic mass is 14.7. The summed E-state index contributed by atoms with van der Waals surface area (Å²) in [5, 5.41) is 0. The van der Waals surface area contributed by atoms with E-state index in [4.69, 9.17) is 0 Å². The summed E-state index contributed by atoms with van der Waals surface area (Å²) >= 11 is 0. The Bertz CT molecular complexity index is 953. The molecule has 0 N–H and O–H groups in total. The Morgan fingerprint density at radius 1 is 0.583 bits per heavy atom. The smallest absolute Gasteiger partial charge is 0.0795 e. The highest BCUT2D eigenvalue weighted by molar-refractivity contribution is 5.81. The van der Waals surface area contributed by atoms with Crippen LogP contribution in [-0.4, -0.2) is 19.9 Å². The number of pyridine rings is 4. The van der Waals surface area contributed by atoms with E-state index in [9.17, 15) is 0 Å². The molecule has 4 rings (SSSR count). The second-order valence-electron chi connectivity index (χ2n) is 5.31. The summed E-state index contributed by atoms with van der Waals surface area (Å²) in [5.74, 6) is 0. The molecule has 0 unspecified atom stereocenters. The van der Waals surface area contributed by atoms with Crippen LogP contribution in [0.25, 0.3) is 33.6 Å². The van der Waals surface area contributed by atoms with E-state index in [1.807, 2.05) is 55.0 Å². The fourth-order valence-electron chi connectivity index (χ4n) is 2.64. The van der Waals surface area contributed by atoms with Crippen molar-refractivity contribution in [1.82, 2.24) is 19.9 Å². The van der Waals surface area contributed by atoms with Crippen LogP contribution in [0.5, 0.6) is 0 Å². The topological polar surface area (TPSA) is 51.6 Å². The Kier molecular flexibility index (Phi) is 3.78. The Morgan fingerprint density at radius 3 is 2.08 bits per heavy atom. The summed E-state index contributed by atoms with van der Waals surface area (Å²) in [6.45, 7) is 0. The third-order valence-corrected chi connectivity index (χ3v) is 3.77. The molecule has 24 heavy (non-hydrogen) atoms. The van der Waals surface area contributed by atoms with Crippen molar-refractivity contribution in [3.05, 3.63) is 85.7 Å². The minimum Gasteiger partial charge on any atom is -0.264 e. The SMILES string of the molecule is c1cncc(-c2cc(-c3cccnc3-c3cccnc3)ccn2)c1. The molecule has 0 aliphatic heterocycles. The monoisotopic (exact) mass is 310 g/mol. The van der Waals surface area contributed by atoms with Crippen molar-refractivity contribution in [2.45, 2.75) is 0 Å². The van der Waals surface area contributed by atoms with Crippen LogP contribution in [0.3, 0.4) is 0 Å². The largest absolute Gasteiger partial charge is 0.264 e. The van der Waals surface area contributed by atoms with Crippen LogP contribution in [0.1, 0.15) is 0 Å². The Morgan fingerprint density at radius 2 is 1.33 bits per heavy atom. The molecule has 4 nitrogen and oxygen atoms in total. The average molecular weight is 310 g/mol. The lowest BCUT2D eigenvalue weighted by molar-refractivity contribution is 1.26. The molecule has 114 valence electrons. The average Bonchev–Trinajstić information content (AvgIpc) is 2.69. The van der Waals surface area contributed by atoms with Gasteiger partial charge in [0.1, 0.15) is 0 Å². The fourth-order valence-corrected chi connectivity index (χ4v) is 2.64. The number of rotatable bonds is 3. The van der Waals surface area contributed by atoms with E-state index in [1.54, 1.807) is 18.6 Å². The maximum Gasteiger partial charge on any atom is 0.0795 e. The van der Waals surface area contributed by atoms with Crippen LogP contribution in [0, 0.1) is 0 Å². The molecule has 0 amide bonds. The van der Waals surface area contributed by atoms with E-state index in [0.717, 1.165) is 33.6 Å². The Labute approximate surface area is 139 Å². The van der Waals surface area contributed by atoms with Gasteiger partial charge in [-0.25, -0.2) is 0 Å². The molecule has 0 radical (unpaired) electrons. The molecule has 0 spiro atoms. The van der Waals surface area contributed by atoms with Gasteiger partial charge < -0.3 is 0 Å². The Balaban J connectivity index is 1.84. The molecule has 0 saturated carbocycles. The summed E-state index contributed by atoms with van der Waals surface area (Å²) in [5.41, 5.74) is 5.91. The van der Waals surface area contributed by atoms with Gasteiger partial charge in [0.2, 0.25) is 0 Å². The fraction of sp³-hybridized carbons (Fsp3) is 0. The first-order chi connectivity index (χ1) is 11.9. The maximum absolute atomic E-state index is 4.55. The van der Waals surface area contributed by atoms with E-state index < -0.39 is 0 Å². The van der Waals surface area contributed by atoms with Crippen molar-refractivity contribution in [1.29, 1.82) is 0 Å². The molecular formula is C20H14N4. The van der Waals surface area contributed by atoms with Crippen molar-refractivity contribution in [3.8, 4) is 33.6 Å². The predicted octanol–water partition coefficient (Wildman–Crippen LogP) is 4.27. The second kappa shape index (κ2) is 6.38. The quantitative estimate of drug-likeness (QED) is 0.567. The number of aromatic nitrogens is 4. The minimum absolute atomic E-state index is 0.890. The van der Waals surface area contributed by atoms with E-state index in [-0.39, 0.29) is 0 Å². The summed E-state index contributed by atoms with van der Waals surface area (Å²) in [7, 11) is 0. The molecule has 4 aromatic heterocycles. The van der Waals surface area contributed by atoms with Gasteiger partial charge >= 0.3 is 0 Å². The van der Waals surface area contributed by atoms with Gasteiger partial charge in [-0.2, -0.15) is 0 Å². The summed E-state index contributed by atoms with van der Waals surface area (Å²) < 4.78 is 0. The molecule has 4 aromatic rings.